The van der Waals surface area contributed by atoms with Crippen molar-refractivity contribution < 1.29 is 4.74 Å². The molecule has 0 aromatic carbocycles. The number of ether oxygens (including phenoxy) is 1. The van der Waals surface area contributed by atoms with E-state index in [0.29, 0.717) is 17.6 Å². The van der Waals surface area contributed by atoms with Crippen molar-refractivity contribution in [2.24, 2.45) is 0 Å². The van der Waals surface area contributed by atoms with Crippen molar-refractivity contribution in [2.75, 3.05) is 7.11 Å². The zero-order valence-corrected chi connectivity index (χ0v) is 8.98. The maximum absolute atomic E-state index is 5.85. The number of halogens is 1. The smallest absolute Gasteiger partial charge is 0.214 e. The first kappa shape index (κ1) is 9.98. The standard InChI is InChI=1S/C10H10ClN3O/c1-15-10-6-8(5-9(11)13-10)7-14-4-2-3-12-14/h2-6H,7H2,1H3. The zero-order valence-electron chi connectivity index (χ0n) is 8.22. The first-order chi connectivity index (χ1) is 7.28. The van der Waals surface area contributed by atoms with Crippen LogP contribution in [0.4, 0.5) is 0 Å². The van der Waals surface area contributed by atoms with Gasteiger partial charge in [-0.05, 0) is 17.7 Å². The molecule has 0 atom stereocenters. The lowest BCUT2D eigenvalue weighted by molar-refractivity contribution is 0.397. The van der Waals surface area contributed by atoms with Gasteiger partial charge in [-0.15, -0.1) is 0 Å². The lowest BCUT2D eigenvalue weighted by Gasteiger charge is -2.05. The van der Waals surface area contributed by atoms with Crippen LogP contribution in [0.1, 0.15) is 5.56 Å². The lowest BCUT2D eigenvalue weighted by Crippen LogP contribution is -2.01. The van der Waals surface area contributed by atoms with Crippen LogP contribution >= 0.6 is 11.6 Å². The Hall–Kier alpha value is -1.55. The highest BCUT2D eigenvalue weighted by Crippen LogP contribution is 2.16. The van der Waals surface area contributed by atoms with Crippen LogP contribution in [0, 0.1) is 0 Å². The van der Waals surface area contributed by atoms with Crippen LogP contribution in [0.15, 0.2) is 30.6 Å². The number of methoxy groups -OCH3 is 1. The molecule has 2 aromatic rings. The molecule has 0 aliphatic heterocycles. The number of aromatic nitrogens is 3. The highest BCUT2D eigenvalue weighted by Gasteiger charge is 2.02. The molecule has 0 spiro atoms. The van der Waals surface area contributed by atoms with E-state index in [1.165, 1.54) is 0 Å². The molecule has 0 amide bonds. The predicted octanol–water partition coefficient (Wildman–Crippen LogP) is 1.99. The van der Waals surface area contributed by atoms with Gasteiger partial charge in [0.1, 0.15) is 5.15 Å². The van der Waals surface area contributed by atoms with Gasteiger partial charge in [-0.25, -0.2) is 4.98 Å². The quantitative estimate of drug-likeness (QED) is 0.748. The average molecular weight is 224 g/mol. The van der Waals surface area contributed by atoms with Crippen LogP contribution in [0.5, 0.6) is 5.88 Å². The van der Waals surface area contributed by atoms with Crippen LogP contribution in [0.2, 0.25) is 5.15 Å². The Morgan fingerprint density at radius 1 is 1.47 bits per heavy atom. The minimum absolute atomic E-state index is 0.427. The lowest BCUT2D eigenvalue weighted by atomic mass is 10.2. The molecule has 15 heavy (non-hydrogen) atoms. The molecular weight excluding hydrogens is 214 g/mol. The first-order valence-electron chi connectivity index (χ1n) is 4.46. The fourth-order valence-corrected chi connectivity index (χ4v) is 1.52. The van der Waals surface area contributed by atoms with E-state index >= 15 is 0 Å². The van der Waals surface area contributed by atoms with E-state index in [-0.39, 0.29) is 0 Å². The van der Waals surface area contributed by atoms with Crippen molar-refractivity contribution in [1.82, 2.24) is 14.8 Å². The summed E-state index contributed by atoms with van der Waals surface area (Å²) in [6.45, 7) is 0.658. The van der Waals surface area contributed by atoms with E-state index < -0.39 is 0 Å². The summed E-state index contributed by atoms with van der Waals surface area (Å²) in [5.41, 5.74) is 1.01. The summed E-state index contributed by atoms with van der Waals surface area (Å²) in [5, 5.41) is 4.54. The molecule has 0 aliphatic rings. The Kier molecular flexibility index (Phi) is 2.87. The molecule has 4 nitrogen and oxygen atoms in total. The second-order valence-corrected chi connectivity index (χ2v) is 3.43. The average Bonchev–Trinajstić information content (AvgIpc) is 2.69. The zero-order chi connectivity index (χ0) is 10.7. The summed E-state index contributed by atoms with van der Waals surface area (Å²) in [5.74, 6) is 0.518. The molecule has 0 unspecified atom stereocenters. The largest absolute Gasteiger partial charge is 0.481 e. The third kappa shape index (κ3) is 2.47. The van der Waals surface area contributed by atoms with Gasteiger partial charge in [0.2, 0.25) is 5.88 Å². The molecular formula is C10H10ClN3O. The molecule has 0 aliphatic carbocycles. The fourth-order valence-electron chi connectivity index (χ4n) is 1.30. The fraction of sp³-hybridized carbons (Fsp3) is 0.200. The summed E-state index contributed by atoms with van der Waals surface area (Å²) in [7, 11) is 1.57. The summed E-state index contributed by atoms with van der Waals surface area (Å²) < 4.78 is 6.84. The predicted molar refractivity (Wildman–Crippen MR) is 57.1 cm³/mol. The van der Waals surface area contributed by atoms with Crippen LogP contribution in [-0.4, -0.2) is 21.9 Å². The van der Waals surface area contributed by atoms with Crippen LogP contribution in [-0.2, 0) is 6.54 Å². The topological polar surface area (TPSA) is 39.9 Å². The molecule has 0 N–H and O–H groups in total. The van der Waals surface area contributed by atoms with Gasteiger partial charge in [0.05, 0.1) is 13.7 Å². The minimum atomic E-state index is 0.427. The highest BCUT2D eigenvalue weighted by atomic mass is 35.5. The maximum Gasteiger partial charge on any atom is 0.214 e. The Bertz CT molecular complexity index is 442. The number of nitrogens with zero attached hydrogens (tertiary/aromatic N) is 3. The van der Waals surface area contributed by atoms with Crippen LogP contribution in [0.3, 0.4) is 0 Å². The molecule has 0 fully saturated rings. The van der Waals surface area contributed by atoms with Gasteiger partial charge in [-0.2, -0.15) is 5.10 Å². The van der Waals surface area contributed by atoms with Crippen molar-refractivity contribution in [3.05, 3.63) is 41.3 Å². The normalized spacial score (nSPS) is 10.3. The molecule has 0 saturated heterocycles. The van der Waals surface area contributed by atoms with E-state index in [9.17, 15) is 0 Å². The maximum atomic E-state index is 5.85. The molecule has 0 saturated carbocycles. The third-order valence-corrected chi connectivity index (χ3v) is 2.14. The van der Waals surface area contributed by atoms with Gasteiger partial charge < -0.3 is 4.74 Å². The molecule has 2 aromatic heterocycles. The minimum Gasteiger partial charge on any atom is -0.481 e. The number of pyridine rings is 1. The van der Waals surface area contributed by atoms with Crippen LogP contribution < -0.4 is 4.74 Å². The van der Waals surface area contributed by atoms with Crippen molar-refractivity contribution >= 4 is 11.6 Å². The summed E-state index contributed by atoms with van der Waals surface area (Å²) >= 11 is 5.85. The molecule has 2 rings (SSSR count). The molecule has 78 valence electrons. The SMILES string of the molecule is COc1cc(Cn2cccn2)cc(Cl)n1. The van der Waals surface area contributed by atoms with Crippen molar-refractivity contribution in [2.45, 2.75) is 6.54 Å². The van der Waals surface area contributed by atoms with E-state index in [1.54, 1.807) is 19.4 Å². The van der Waals surface area contributed by atoms with Gasteiger partial charge in [0.15, 0.2) is 0 Å². The van der Waals surface area contributed by atoms with E-state index in [1.807, 2.05) is 23.0 Å². The second kappa shape index (κ2) is 4.31. The van der Waals surface area contributed by atoms with Crippen molar-refractivity contribution in [3.63, 3.8) is 0 Å². The Morgan fingerprint density at radius 3 is 3.00 bits per heavy atom. The second-order valence-electron chi connectivity index (χ2n) is 3.04. The number of hydrogen-bond acceptors (Lipinski definition) is 3. The Morgan fingerprint density at radius 2 is 2.33 bits per heavy atom. The van der Waals surface area contributed by atoms with Gasteiger partial charge >= 0.3 is 0 Å². The Balaban J connectivity index is 2.24. The van der Waals surface area contributed by atoms with E-state index in [0.717, 1.165) is 5.56 Å². The monoisotopic (exact) mass is 223 g/mol. The highest BCUT2D eigenvalue weighted by molar-refractivity contribution is 6.29. The summed E-state index contributed by atoms with van der Waals surface area (Å²) in [6, 6.07) is 5.51. The van der Waals surface area contributed by atoms with Gasteiger partial charge in [0, 0.05) is 18.5 Å². The first-order valence-corrected chi connectivity index (χ1v) is 4.83. The van der Waals surface area contributed by atoms with Crippen molar-refractivity contribution in [3.8, 4) is 5.88 Å². The van der Waals surface area contributed by atoms with Crippen molar-refractivity contribution in [1.29, 1.82) is 0 Å². The van der Waals surface area contributed by atoms with E-state index in [2.05, 4.69) is 10.1 Å². The summed E-state index contributed by atoms with van der Waals surface area (Å²) in [6.07, 6.45) is 3.63. The molecule has 0 radical (unpaired) electrons. The molecule has 5 heteroatoms. The van der Waals surface area contributed by atoms with E-state index in [4.69, 9.17) is 16.3 Å². The van der Waals surface area contributed by atoms with Gasteiger partial charge in [-0.1, -0.05) is 11.6 Å². The van der Waals surface area contributed by atoms with Gasteiger partial charge in [-0.3, -0.25) is 4.68 Å². The Labute approximate surface area is 92.5 Å². The number of hydrogen-bond donors (Lipinski definition) is 0. The molecule has 0 bridgehead atoms. The number of rotatable bonds is 3. The van der Waals surface area contributed by atoms with Crippen LogP contribution in [0.25, 0.3) is 0 Å². The van der Waals surface area contributed by atoms with Gasteiger partial charge in [0.25, 0.3) is 0 Å². The summed E-state index contributed by atoms with van der Waals surface area (Å²) in [4.78, 5) is 4.00. The third-order valence-electron chi connectivity index (χ3n) is 1.94. The molecule has 2 heterocycles.